The summed E-state index contributed by atoms with van der Waals surface area (Å²) < 4.78 is 1.94. The number of nitrogens with two attached hydrogens (primary N) is 1. The predicted octanol–water partition coefficient (Wildman–Crippen LogP) is 2.40. The van der Waals surface area contributed by atoms with Gasteiger partial charge in [0.1, 0.15) is 6.04 Å². The molecule has 2 unspecified atom stereocenters. The molecule has 0 aliphatic carbocycles. The maximum atomic E-state index is 12.0. The van der Waals surface area contributed by atoms with E-state index in [1.165, 1.54) is 11.8 Å². The number of fused-ring (bicyclic) bond motifs is 1. The van der Waals surface area contributed by atoms with Crippen LogP contribution in [0.3, 0.4) is 0 Å². The number of benzene rings is 1. The fourth-order valence-electron chi connectivity index (χ4n) is 1.98. The Morgan fingerprint density at radius 2 is 2.14 bits per heavy atom. The number of thiazole rings is 1. The molecule has 2 rings (SSSR count). The van der Waals surface area contributed by atoms with Gasteiger partial charge in [-0.3, -0.25) is 9.59 Å². The van der Waals surface area contributed by atoms with Gasteiger partial charge in [0.2, 0.25) is 11.8 Å². The average Bonchev–Trinajstić information content (AvgIpc) is 2.92. The fourth-order valence-corrected chi connectivity index (χ4v) is 3.86. The Hall–Kier alpha value is -1.60. The normalized spacial score (nSPS) is 13.7. The lowest BCUT2D eigenvalue weighted by molar-refractivity contribution is -0.127. The second kappa shape index (κ2) is 7.60. The third-order valence-corrected chi connectivity index (χ3v) is 5.62. The Labute approximate surface area is 137 Å². The lowest BCUT2D eigenvalue weighted by Gasteiger charge is -2.20. The second-order valence-corrected chi connectivity index (χ2v) is 7.32. The maximum Gasteiger partial charge on any atom is 0.240 e. The number of nitrogens with zero attached hydrogens (tertiary/aromatic N) is 1. The van der Waals surface area contributed by atoms with Crippen molar-refractivity contribution in [1.29, 1.82) is 0 Å². The van der Waals surface area contributed by atoms with Crippen molar-refractivity contribution < 1.29 is 9.59 Å². The summed E-state index contributed by atoms with van der Waals surface area (Å²) in [6.07, 6.45) is 0.777. The largest absolute Gasteiger partial charge is 0.368 e. The van der Waals surface area contributed by atoms with Crippen LogP contribution in [0.1, 0.15) is 20.3 Å². The van der Waals surface area contributed by atoms with Crippen molar-refractivity contribution in [3.63, 3.8) is 0 Å². The van der Waals surface area contributed by atoms with Crippen LogP contribution in [0.4, 0.5) is 0 Å². The molecule has 1 aromatic carbocycles. The summed E-state index contributed by atoms with van der Waals surface area (Å²) >= 11 is 2.93. The molecule has 0 saturated heterocycles. The molecule has 1 heterocycles. The Bertz CT molecular complexity index is 639. The van der Waals surface area contributed by atoms with Crippen molar-refractivity contribution >= 4 is 45.1 Å². The first-order valence-electron chi connectivity index (χ1n) is 7.08. The summed E-state index contributed by atoms with van der Waals surface area (Å²) in [6.45, 7) is 3.86. The van der Waals surface area contributed by atoms with Crippen molar-refractivity contribution in [2.24, 2.45) is 11.7 Å². The van der Waals surface area contributed by atoms with Gasteiger partial charge in [0.05, 0.1) is 16.0 Å². The number of hydrogen-bond donors (Lipinski definition) is 2. The first-order chi connectivity index (χ1) is 10.5. The number of rotatable bonds is 7. The van der Waals surface area contributed by atoms with Crippen LogP contribution in [0.5, 0.6) is 0 Å². The molecule has 22 heavy (non-hydrogen) atoms. The van der Waals surface area contributed by atoms with Gasteiger partial charge in [-0.05, 0) is 18.1 Å². The average molecular weight is 337 g/mol. The van der Waals surface area contributed by atoms with Gasteiger partial charge >= 0.3 is 0 Å². The van der Waals surface area contributed by atoms with Gasteiger partial charge in [-0.1, -0.05) is 44.2 Å². The number of thioether (sulfide) groups is 1. The Morgan fingerprint density at radius 3 is 2.77 bits per heavy atom. The van der Waals surface area contributed by atoms with Crippen molar-refractivity contribution in [3.8, 4) is 0 Å². The SMILES string of the molecule is CCC(C)C(NC(=O)CSc1nc2ccccc2s1)C(N)=O. The zero-order valence-electron chi connectivity index (χ0n) is 12.5. The molecule has 0 saturated carbocycles. The van der Waals surface area contributed by atoms with Gasteiger partial charge in [-0.2, -0.15) is 0 Å². The van der Waals surface area contributed by atoms with Crippen LogP contribution in [0, 0.1) is 5.92 Å². The second-order valence-electron chi connectivity index (χ2n) is 5.07. The highest BCUT2D eigenvalue weighted by molar-refractivity contribution is 8.01. The Morgan fingerprint density at radius 1 is 1.41 bits per heavy atom. The molecule has 118 valence electrons. The predicted molar refractivity (Wildman–Crippen MR) is 90.9 cm³/mol. The molecule has 0 fully saturated rings. The van der Waals surface area contributed by atoms with Crippen LogP contribution in [-0.4, -0.2) is 28.6 Å². The molecule has 0 aliphatic heterocycles. The molecule has 0 aliphatic rings. The van der Waals surface area contributed by atoms with E-state index in [0.29, 0.717) is 0 Å². The van der Waals surface area contributed by atoms with Gasteiger partial charge in [0.15, 0.2) is 4.34 Å². The highest BCUT2D eigenvalue weighted by Gasteiger charge is 2.23. The molecule has 2 amide bonds. The van der Waals surface area contributed by atoms with Crippen LogP contribution >= 0.6 is 23.1 Å². The first-order valence-corrected chi connectivity index (χ1v) is 8.88. The smallest absolute Gasteiger partial charge is 0.240 e. The minimum absolute atomic E-state index is 0.0221. The summed E-state index contributed by atoms with van der Waals surface area (Å²) in [5, 5.41) is 2.71. The van der Waals surface area contributed by atoms with Crippen molar-refractivity contribution in [3.05, 3.63) is 24.3 Å². The lowest BCUT2D eigenvalue weighted by atomic mass is 9.99. The Kier molecular flexibility index (Phi) is 5.79. The van der Waals surface area contributed by atoms with Crippen molar-refractivity contribution in [2.45, 2.75) is 30.6 Å². The monoisotopic (exact) mass is 337 g/mol. The lowest BCUT2D eigenvalue weighted by Crippen LogP contribution is -2.48. The van der Waals surface area contributed by atoms with E-state index in [-0.39, 0.29) is 17.6 Å². The molecular weight excluding hydrogens is 318 g/mol. The third-order valence-electron chi connectivity index (χ3n) is 3.44. The number of nitrogens with one attached hydrogen (secondary N) is 1. The van der Waals surface area contributed by atoms with Crippen LogP contribution in [-0.2, 0) is 9.59 Å². The van der Waals surface area contributed by atoms with Crippen LogP contribution in [0.25, 0.3) is 10.2 Å². The number of amides is 2. The molecule has 5 nitrogen and oxygen atoms in total. The molecule has 0 radical (unpaired) electrons. The molecule has 2 atom stereocenters. The molecule has 0 spiro atoms. The van der Waals surface area contributed by atoms with Gasteiger partial charge < -0.3 is 11.1 Å². The van der Waals surface area contributed by atoms with Gasteiger partial charge in [0, 0.05) is 0 Å². The minimum atomic E-state index is -0.617. The van der Waals surface area contributed by atoms with Crippen LogP contribution in [0.2, 0.25) is 0 Å². The minimum Gasteiger partial charge on any atom is -0.368 e. The van der Waals surface area contributed by atoms with E-state index < -0.39 is 11.9 Å². The molecule has 2 aromatic rings. The van der Waals surface area contributed by atoms with Crippen molar-refractivity contribution in [2.75, 3.05) is 5.75 Å². The number of hydrogen-bond acceptors (Lipinski definition) is 5. The highest BCUT2D eigenvalue weighted by Crippen LogP contribution is 2.29. The summed E-state index contributed by atoms with van der Waals surface area (Å²) in [5.41, 5.74) is 6.28. The fraction of sp³-hybridized carbons (Fsp3) is 0.400. The van der Waals surface area contributed by atoms with E-state index in [4.69, 9.17) is 5.73 Å². The number of carbonyl (C=O) groups is 2. The number of aromatic nitrogens is 1. The summed E-state index contributed by atoms with van der Waals surface area (Å²) in [4.78, 5) is 27.9. The van der Waals surface area contributed by atoms with Crippen LogP contribution < -0.4 is 11.1 Å². The van der Waals surface area contributed by atoms with Crippen molar-refractivity contribution in [1.82, 2.24) is 10.3 Å². The standard InChI is InChI=1S/C15H19N3O2S2/c1-3-9(2)13(14(16)20)18-12(19)8-21-15-17-10-6-4-5-7-11(10)22-15/h4-7,9,13H,3,8H2,1-2H3,(H2,16,20)(H,18,19). The molecular formula is C15H19N3O2S2. The molecule has 0 bridgehead atoms. The summed E-state index contributed by atoms with van der Waals surface area (Å²) in [5.74, 6) is -0.449. The van der Waals surface area contributed by atoms with Gasteiger partial charge in [0.25, 0.3) is 0 Å². The molecule has 3 N–H and O–H groups in total. The van der Waals surface area contributed by atoms with E-state index in [0.717, 1.165) is 21.0 Å². The quantitative estimate of drug-likeness (QED) is 0.760. The van der Waals surface area contributed by atoms with E-state index in [2.05, 4.69) is 10.3 Å². The zero-order valence-corrected chi connectivity index (χ0v) is 14.2. The Balaban J connectivity index is 1.93. The van der Waals surface area contributed by atoms with E-state index >= 15 is 0 Å². The number of para-hydroxylation sites is 1. The van der Waals surface area contributed by atoms with Gasteiger partial charge in [-0.15, -0.1) is 11.3 Å². The van der Waals surface area contributed by atoms with Gasteiger partial charge in [-0.25, -0.2) is 4.98 Å². The number of primary amides is 1. The number of carbonyl (C=O) groups excluding carboxylic acids is 2. The zero-order chi connectivity index (χ0) is 16.1. The molecule has 7 heteroatoms. The van der Waals surface area contributed by atoms with E-state index in [1.807, 2.05) is 38.1 Å². The van der Waals surface area contributed by atoms with Crippen LogP contribution in [0.15, 0.2) is 28.6 Å². The maximum absolute atomic E-state index is 12.0. The molecule has 1 aromatic heterocycles. The van der Waals surface area contributed by atoms with E-state index in [1.54, 1.807) is 11.3 Å². The highest BCUT2D eigenvalue weighted by atomic mass is 32.2. The summed E-state index contributed by atoms with van der Waals surface area (Å²) in [6, 6.07) is 7.23. The third kappa shape index (κ3) is 4.20. The van der Waals surface area contributed by atoms with E-state index in [9.17, 15) is 9.59 Å². The topological polar surface area (TPSA) is 85.1 Å². The first kappa shape index (κ1) is 16.8. The summed E-state index contributed by atoms with van der Waals surface area (Å²) in [7, 11) is 0.